The first-order chi connectivity index (χ1) is 9.02. The molecular weight excluding hydrogens is 234 g/mol. The Bertz CT molecular complexity index is 419. The summed E-state index contributed by atoms with van der Waals surface area (Å²) in [7, 11) is 0. The summed E-state index contributed by atoms with van der Waals surface area (Å²) in [6.45, 7) is 9.36. The Balaban J connectivity index is 2.29. The minimum absolute atomic E-state index is 0.347. The summed E-state index contributed by atoms with van der Waals surface area (Å²) in [5.74, 6) is 2.78. The van der Waals surface area contributed by atoms with E-state index in [2.05, 4.69) is 27.7 Å². The second-order valence-corrected chi connectivity index (χ2v) is 6.27. The van der Waals surface area contributed by atoms with Gasteiger partial charge in [-0.3, -0.25) is 0 Å². The molecule has 1 aliphatic rings. The van der Waals surface area contributed by atoms with E-state index in [-0.39, 0.29) is 0 Å². The third kappa shape index (κ3) is 3.14. The zero-order valence-corrected chi connectivity index (χ0v) is 12.7. The predicted octanol–water partition coefficient (Wildman–Crippen LogP) is 3.45. The van der Waals surface area contributed by atoms with Gasteiger partial charge in [-0.2, -0.15) is 0 Å². The zero-order valence-electron chi connectivity index (χ0n) is 12.7. The van der Waals surface area contributed by atoms with E-state index in [9.17, 15) is 0 Å². The summed E-state index contributed by atoms with van der Waals surface area (Å²) in [4.78, 5) is 9.59. The van der Waals surface area contributed by atoms with E-state index in [4.69, 9.17) is 15.7 Å². The zero-order chi connectivity index (χ0) is 14.0. The van der Waals surface area contributed by atoms with Crippen LogP contribution in [-0.2, 0) is 0 Å². The summed E-state index contributed by atoms with van der Waals surface area (Å²) in [6.07, 6.45) is 5.16. The van der Waals surface area contributed by atoms with Gasteiger partial charge in [-0.1, -0.05) is 26.7 Å². The number of aromatic nitrogens is 2. The monoisotopic (exact) mass is 261 g/mol. The first kappa shape index (κ1) is 14.4. The maximum Gasteiger partial charge on any atom is 0.131 e. The molecule has 0 amide bonds. The molecule has 0 aromatic carbocycles. The van der Waals surface area contributed by atoms with Gasteiger partial charge in [0.15, 0.2) is 0 Å². The van der Waals surface area contributed by atoms with E-state index < -0.39 is 0 Å². The lowest BCUT2D eigenvalue weighted by molar-refractivity contribution is 0.334. The largest absolute Gasteiger partial charge is 0.330 e. The van der Waals surface area contributed by atoms with Crippen molar-refractivity contribution in [2.45, 2.75) is 65.2 Å². The fraction of sp³-hybridized carbons (Fsp3) is 0.750. The van der Waals surface area contributed by atoms with Crippen molar-refractivity contribution in [2.75, 3.05) is 6.54 Å². The SMILES string of the molecule is Cc1nc(C2CCCC(C)C2)nc(C)c1C(C)CN. The van der Waals surface area contributed by atoms with Gasteiger partial charge in [0.1, 0.15) is 5.82 Å². The van der Waals surface area contributed by atoms with Gasteiger partial charge in [0.2, 0.25) is 0 Å². The smallest absolute Gasteiger partial charge is 0.131 e. The van der Waals surface area contributed by atoms with Gasteiger partial charge in [0.05, 0.1) is 0 Å². The number of nitrogens with zero attached hydrogens (tertiary/aromatic N) is 2. The van der Waals surface area contributed by atoms with Crippen molar-refractivity contribution < 1.29 is 0 Å². The Labute approximate surface area is 117 Å². The Hall–Kier alpha value is -0.960. The Morgan fingerprint density at radius 3 is 2.37 bits per heavy atom. The molecule has 3 atom stereocenters. The summed E-state index contributed by atoms with van der Waals surface area (Å²) in [6, 6.07) is 0. The first-order valence-corrected chi connectivity index (χ1v) is 7.58. The van der Waals surface area contributed by atoms with E-state index in [0.29, 0.717) is 18.4 Å². The van der Waals surface area contributed by atoms with Crippen LogP contribution in [0.2, 0.25) is 0 Å². The summed E-state index contributed by atoms with van der Waals surface area (Å²) < 4.78 is 0. The molecule has 1 aromatic rings. The third-order valence-electron chi connectivity index (χ3n) is 4.49. The maximum absolute atomic E-state index is 5.79. The highest BCUT2D eigenvalue weighted by Gasteiger charge is 2.24. The lowest BCUT2D eigenvalue weighted by atomic mass is 9.82. The van der Waals surface area contributed by atoms with Crippen molar-refractivity contribution in [1.82, 2.24) is 9.97 Å². The second-order valence-electron chi connectivity index (χ2n) is 6.27. The van der Waals surface area contributed by atoms with Crippen molar-refractivity contribution in [3.8, 4) is 0 Å². The first-order valence-electron chi connectivity index (χ1n) is 7.58. The Kier molecular flexibility index (Phi) is 4.56. The molecule has 106 valence electrons. The molecule has 19 heavy (non-hydrogen) atoms. The molecule has 1 saturated carbocycles. The number of rotatable bonds is 3. The lowest BCUT2D eigenvalue weighted by Gasteiger charge is -2.26. The second kappa shape index (κ2) is 6.00. The van der Waals surface area contributed by atoms with Crippen molar-refractivity contribution >= 4 is 0 Å². The van der Waals surface area contributed by atoms with Crippen LogP contribution in [0.3, 0.4) is 0 Å². The Morgan fingerprint density at radius 1 is 1.21 bits per heavy atom. The summed E-state index contributed by atoms with van der Waals surface area (Å²) in [5.41, 5.74) is 9.28. The molecule has 1 heterocycles. The van der Waals surface area contributed by atoms with Gasteiger partial charge in [-0.05, 0) is 50.6 Å². The van der Waals surface area contributed by atoms with Crippen molar-refractivity contribution in [3.63, 3.8) is 0 Å². The van der Waals surface area contributed by atoms with Crippen LogP contribution in [0, 0.1) is 19.8 Å². The molecule has 3 nitrogen and oxygen atoms in total. The molecule has 1 aromatic heterocycles. The lowest BCUT2D eigenvalue weighted by Crippen LogP contribution is -2.18. The average molecular weight is 261 g/mol. The van der Waals surface area contributed by atoms with Crippen LogP contribution in [0.1, 0.15) is 74.1 Å². The maximum atomic E-state index is 5.79. The van der Waals surface area contributed by atoms with Crippen molar-refractivity contribution in [3.05, 3.63) is 22.8 Å². The normalized spacial score (nSPS) is 25.3. The minimum atomic E-state index is 0.347. The van der Waals surface area contributed by atoms with E-state index in [1.807, 2.05) is 0 Å². The van der Waals surface area contributed by atoms with Crippen LogP contribution in [0.5, 0.6) is 0 Å². The van der Waals surface area contributed by atoms with Gasteiger partial charge in [-0.25, -0.2) is 9.97 Å². The summed E-state index contributed by atoms with van der Waals surface area (Å²) >= 11 is 0. The molecule has 1 aliphatic carbocycles. The van der Waals surface area contributed by atoms with Crippen LogP contribution >= 0.6 is 0 Å². The standard InChI is InChI=1S/C16H27N3/c1-10-6-5-7-14(8-10)16-18-12(3)15(11(2)9-17)13(4)19-16/h10-11,14H,5-9,17H2,1-4H3. The molecule has 3 heteroatoms. The highest BCUT2D eigenvalue weighted by atomic mass is 14.9. The van der Waals surface area contributed by atoms with Crippen LogP contribution < -0.4 is 5.73 Å². The van der Waals surface area contributed by atoms with Crippen molar-refractivity contribution in [2.24, 2.45) is 11.7 Å². The molecule has 2 rings (SSSR count). The fourth-order valence-corrected chi connectivity index (χ4v) is 3.43. The predicted molar refractivity (Wildman–Crippen MR) is 79.3 cm³/mol. The molecule has 1 fully saturated rings. The highest BCUT2D eigenvalue weighted by Crippen LogP contribution is 2.35. The van der Waals surface area contributed by atoms with E-state index in [0.717, 1.165) is 23.1 Å². The quantitative estimate of drug-likeness (QED) is 0.906. The fourth-order valence-electron chi connectivity index (χ4n) is 3.43. The molecular formula is C16H27N3. The van der Waals surface area contributed by atoms with E-state index >= 15 is 0 Å². The molecule has 0 saturated heterocycles. The van der Waals surface area contributed by atoms with Crippen LogP contribution in [0.4, 0.5) is 0 Å². The number of aryl methyl sites for hydroxylation is 2. The molecule has 0 bridgehead atoms. The Morgan fingerprint density at radius 2 is 1.84 bits per heavy atom. The molecule has 3 unspecified atom stereocenters. The van der Waals surface area contributed by atoms with Crippen LogP contribution in [0.15, 0.2) is 0 Å². The van der Waals surface area contributed by atoms with Crippen LogP contribution in [-0.4, -0.2) is 16.5 Å². The number of hydrogen-bond acceptors (Lipinski definition) is 3. The van der Waals surface area contributed by atoms with Gasteiger partial charge in [0, 0.05) is 17.3 Å². The van der Waals surface area contributed by atoms with Gasteiger partial charge < -0.3 is 5.73 Å². The molecule has 0 spiro atoms. The van der Waals surface area contributed by atoms with Crippen LogP contribution in [0.25, 0.3) is 0 Å². The number of hydrogen-bond donors (Lipinski definition) is 1. The van der Waals surface area contributed by atoms with E-state index in [1.165, 1.54) is 31.2 Å². The molecule has 0 radical (unpaired) electrons. The molecule has 2 N–H and O–H groups in total. The minimum Gasteiger partial charge on any atom is -0.330 e. The topological polar surface area (TPSA) is 51.8 Å². The third-order valence-corrected chi connectivity index (χ3v) is 4.49. The van der Waals surface area contributed by atoms with Gasteiger partial charge >= 0.3 is 0 Å². The molecule has 0 aliphatic heterocycles. The summed E-state index contributed by atoms with van der Waals surface area (Å²) in [5, 5.41) is 0. The van der Waals surface area contributed by atoms with Gasteiger partial charge in [0.25, 0.3) is 0 Å². The highest BCUT2D eigenvalue weighted by molar-refractivity contribution is 5.29. The number of nitrogens with two attached hydrogens (primary N) is 1. The van der Waals surface area contributed by atoms with E-state index in [1.54, 1.807) is 0 Å². The van der Waals surface area contributed by atoms with Crippen molar-refractivity contribution in [1.29, 1.82) is 0 Å². The van der Waals surface area contributed by atoms with Gasteiger partial charge in [-0.15, -0.1) is 0 Å². The average Bonchev–Trinajstić information content (AvgIpc) is 2.37.